The third-order valence-corrected chi connectivity index (χ3v) is 3.07. The molecule has 0 amide bonds. The molecule has 0 spiro atoms. The van der Waals surface area contributed by atoms with Gasteiger partial charge >= 0.3 is 0 Å². The van der Waals surface area contributed by atoms with Crippen LogP contribution in [-0.2, 0) is 11.2 Å². The molecule has 1 saturated heterocycles. The predicted molar refractivity (Wildman–Crippen MR) is 72.9 cm³/mol. The van der Waals surface area contributed by atoms with Crippen molar-refractivity contribution in [1.82, 2.24) is 4.90 Å². The molecule has 0 N–H and O–H groups in total. The fourth-order valence-electron chi connectivity index (χ4n) is 2.15. The molecule has 3 nitrogen and oxygen atoms in total. The molecule has 2 rings (SSSR count). The summed E-state index contributed by atoms with van der Waals surface area (Å²) in [6, 6.07) is 8.41. The highest BCUT2D eigenvalue weighted by Crippen LogP contribution is 2.15. The highest BCUT2D eigenvalue weighted by Gasteiger charge is 2.18. The van der Waals surface area contributed by atoms with Gasteiger partial charge in [-0.2, -0.15) is 0 Å². The minimum atomic E-state index is 0.235. The van der Waals surface area contributed by atoms with Gasteiger partial charge in [-0.15, -0.1) is 0 Å². The second-order valence-corrected chi connectivity index (χ2v) is 5.24. The lowest BCUT2D eigenvalue weighted by Crippen LogP contribution is -2.23. The molecule has 0 radical (unpaired) electrons. The summed E-state index contributed by atoms with van der Waals surface area (Å²) in [6.45, 7) is 9.10. The molecule has 0 aromatic heterocycles. The maximum Gasteiger partial charge on any atom is 0.119 e. The van der Waals surface area contributed by atoms with Gasteiger partial charge in [0.05, 0.1) is 18.9 Å². The number of rotatable bonds is 5. The van der Waals surface area contributed by atoms with Crippen LogP contribution in [0.15, 0.2) is 24.3 Å². The van der Waals surface area contributed by atoms with Crippen molar-refractivity contribution in [2.75, 3.05) is 19.8 Å². The number of benzene rings is 1. The van der Waals surface area contributed by atoms with Gasteiger partial charge in [0.15, 0.2) is 0 Å². The molecule has 0 bridgehead atoms. The van der Waals surface area contributed by atoms with Crippen LogP contribution in [0.1, 0.15) is 26.3 Å². The first kappa shape index (κ1) is 13.4. The Hall–Kier alpha value is -1.06. The fraction of sp³-hybridized carbons (Fsp3) is 0.600. The Labute approximate surface area is 110 Å². The predicted octanol–water partition coefficient (Wildman–Crippen LogP) is 2.69. The normalized spacial score (nSPS) is 20.6. The number of ether oxygens (including phenoxy) is 2. The molecule has 100 valence electrons. The number of hydrogen-bond acceptors (Lipinski definition) is 3. The van der Waals surface area contributed by atoms with E-state index in [1.807, 2.05) is 13.8 Å². The maximum atomic E-state index is 5.63. The van der Waals surface area contributed by atoms with Gasteiger partial charge in [0, 0.05) is 13.1 Å². The molecule has 0 aliphatic carbocycles. The molecule has 1 aromatic rings. The molecule has 1 fully saturated rings. The smallest absolute Gasteiger partial charge is 0.119 e. The van der Waals surface area contributed by atoms with Gasteiger partial charge in [0.2, 0.25) is 0 Å². The Morgan fingerprint density at radius 1 is 1.33 bits per heavy atom. The van der Waals surface area contributed by atoms with Crippen LogP contribution >= 0.6 is 0 Å². The average Bonchev–Trinajstić information content (AvgIpc) is 2.74. The van der Waals surface area contributed by atoms with E-state index in [4.69, 9.17) is 9.47 Å². The quantitative estimate of drug-likeness (QED) is 0.801. The van der Waals surface area contributed by atoms with Crippen molar-refractivity contribution in [3.8, 4) is 5.75 Å². The zero-order valence-electron chi connectivity index (χ0n) is 11.6. The largest absolute Gasteiger partial charge is 0.491 e. The molecule has 18 heavy (non-hydrogen) atoms. The van der Waals surface area contributed by atoms with Crippen molar-refractivity contribution >= 4 is 0 Å². The van der Waals surface area contributed by atoms with E-state index in [2.05, 4.69) is 36.1 Å². The Balaban J connectivity index is 1.79. The van der Waals surface area contributed by atoms with E-state index in [-0.39, 0.29) is 6.10 Å². The summed E-state index contributed by atoms with van der Waals surface area (Å²) in [4.78, 5) is 2.35. The van der Waals surface area contributed by atoms with Gasteiger partial charge < -0.3 is 9.47 Å². The topological polar surface area (TPSA) is 21.7 Å². The lowest BCUT2D eigenvalue weighted by molar-refractivity contribution is 0.0994. The number of hydrogen-bond donors (Lipinski definition) is 0. The van der Waals surface area contributed by atoms with Crippen molar-refractivity contribution < 1.29 is 9.47 Å². The monoisotopic (exact) mass is 249 g/mol. The number of nitrogens with zero attached hydrogens (tertiary/aromatic N) is 1. The molecule has 3 heteroatoms. The van der Waals surface area contributed by atoms with Crippen LogP contribution in [0, 0.1) is 0 Å². The molecule has 0 saturated carbocycles. The summed E-state index contributed by atoms with van der Waals surface area (Å²) < 4.78 is 11.2. The summed E-state index contributed by atoms with van der Waals surface area (Å²) in [7, 11) is 0. The zero-order chi connectivity index (χ0) is 13.0. The summed E-state index contributed by atoms with van der Waals surface area (Å²) in [6.07, 6.45) is 1.68. The Morgan fingerprint density at radius 2 is 2.06 bits per heavy atom. The Bertz CT molecular complexity index is 361. The van der Waals surface area contributed by atoms with Crippen LogP contribution in [0.25, 0.3) is 0 Å². The minimum absolute atomic E-state index is 0.235. The molecule has 1 unspecified atom stereocenters. The van der Waals surface area contributed by atoms with Crippen molar-refractivity contribution in [2.24, 2.45) is 0 Å². The molecule has 1 aromatic carbocycles. The molecule has 1 aliphatic rings. The Kier molecular flexibility index (Phi) is 4.61. The van der Waals surface area contributed by atoms with Crippen LogP contribution in [0.5, 0.6) is 5.75 Å². The van der Waals surface area contributed by atoms with Crippen molar-refractivity contribution in [3.05, 3.63) is 29.8 Å². The van der Waals surface area contributed by atoms with E-state index in [9.17, 15) is 0 Å². The van der Waals surface area contributed by atoms with E-state index in [0.29, 0.717) is 6.10 Å². The summed E-state index contributed by atoms with van der Waals surface area (Å²) in [5, 5.41) is 0. The molecule has 1 heterocycles. The molecule has 1 aliphatic heterocycles. The minimum Gasteiger partial charge on any atom is -0.491 e. The third-order valence-electron chi connectivity index (χ3n) is 3.07. The van der Waals surface area contributed by atoms with Gasteiger partial charge in [-0.1, -0.05) is 12.1 Å². The van der Waals surface area contributed by atoms with E-state index < -0.39 is 0 Å². The average molecular weight is 249 g/mol. The summed E-state index contributed by atoms with van der Waals surface area (Å²) in [5.41, 5.74) is 1.35. The first-order valence-corrected chi connectivity index (χ1v) is 6.73. The lowest BCUT2D eigenvalue weighted by atomic mass is 10.1. The van der Waals surface area contributed by atoms with E-state index in [1.54, 1.807) is 0 Å². The zero-order valence-corrected chi connectivity index (χ0v) is 11.6. The fourth-order valence-corrected chi connectivity index (χ4v) is 2.15. The molecular weight excluding hydrogens is 226 g/mol. The second kappa shape index (κ2) is 6.21. The SMILES string of the molecule is CC(C)Oc1ccc(CCN2COC(C)C2)cc1. The van der Waals surface area contributed by atoms with Crippen LogP contribution in [0.4, 0.5) is 0 Å². The molecular formula is C15H23NO2. The van der Waals surface area contributed by atoms with Crippen molar-refractivity contribution in [3.63, 3.8) is 0 Å². The van der Waals surface area contributed by atoms with Crippen molar-refractivity contribution in [2.45, 2.75) is 39.4 Å². The van der Waals surface area contributed by atoms with E-state index >= 15 is 0 Å². The van der Waals surface area contributed by atoms with Gasteiger partial charge in [-0.05, 0) is 44.9 Å². The Morgan fingerprint density at radius 3 is 2.61 bits per heavy atom. The van der Waals surface area contributed by atoms with E-state index in [1.165, 1.54) is 5.56 Å². The van der Waals surface area contributed by atoms with Crippen LogP contribution in [0.2, 0.25) is 0 Å². The van der Waals surface area contributed by atoms with E-state index in [0.717, 1.165) is 32.0 Å². The van der Waals surface area contributed by atoms with Gasteiger partial charge in [0.25, 0.3) is 0 Å². The summed E-state index contributed by atoms with van der Waals surface area (Å²) >= 11 is 0. The molecule has 1 atom stereocenters. The second-order valence-electron chi connectivity index (χ2n) is 5.24. The van der Waals surface area contributed by atoms with Gasteiger partial charge in [-0.3, -0.25) is 4.90 Å². The van der Waals surface area contributed by atoms with Gasteiger partial charge in [-0.25, -0.2) is 0 Å². The maximum absolute atomic E-state index is 5.63. The van der Waals surface area contributed by atoms with Crippen LogP contribution < -0.4 is 4.74 Å². The third kappa shape index (κ3) is 4.00. The van der Waals surface area contributed by atoms with Gasteiger partial charge in [0.1, 0.15) is 5.75 Å². The first-order valence-electron chi connectivity index (χ1n) is 6.73. The standard InChI is InChI=1S/C15H23NO2/c1-12(2)18-15-6-4-14(5-7-15)8-9-16-10-13(3)17-11-16/h4-7,12-13H,8-11H2,1-3H3. The van der Waals surface area contributed by atoms with Crippen LogP contribution in [-0.4, -0.2) is 36.9 Å². The summed E-state index contributed by atoms with van der Waals surface area (Å²) in [5.74, 6) is 0.951. The van der Waals surface area contributed by atoms with Crippen LogP contribution in [0.3, 0.4) is 0 Å². The highest BCUT2D eigenvalue weighted by molar-refractivity contribution is 5.27. The van der Waals surface area contributed by atoms with Crippen molar-refractivity contribution in [1.29, 1.82) is 0 Å². The first-order chi connectivity index (χ1) is 8.63. The lowest BCUT2D eigenvalue weighted by Gasteiger charge is -2.13. The highest BCUT2D eigenvalue weighted by atomic mass is 16.5.